The van der Waals surface area contributed by atoms with Crippen LogP contribution in [0.25, 0.3) is 5.57 Å². The third-order valence-electron chi connectivity index (χ3n) is 4.51. The van der Waals surface area contributed by atoms with E-state index >= 15 is 0 Å². The molecule has 1 aromatic rings. The van der Waals surface area contributed by atoms with Crippen molar-refractivity contribution in [2.24, 2.45) is 0 Å². The molecule has 0 saturated carbocycles. The maximum atomic E-state index is 13.2. The minimum atomic E-state index is -0.281. The predicted octanol–water partition coefficient (Wildman–Crippen LogP) is 2.17. The van der Waals surface area contributed by atoms with Crippen LogP contribution in [0.3, 0.4) is 0 Å². The zero-order valence-corrected chi connectivity index (χ0v) is 17.4. The summed E-state index contributed by atoms with van der Waals surface area (Å²) in [4.78, 5) is 29.5. The van der Waals surface area contributed by atoms with Gasteiger partial charge >= 0.3 is 0 Å². The molecule has 1 aromatic carbocycles. The highest BCUT2D eigenvalue weighted by atomic mass is 16.5. The van der Waals surface area contributed by atoms with Crippen LogP contribution >= 0.6 is 0 Å². The van der Waals surface area contributed by atoms with Gasteiger partial charge in [-0.2, -0.15) is 0 Å². The third kappa shape index (κ3) is 4.72. The predicted molar refractivity (Wildman–Crippen MR) is 107 cm³/mol. The van der Waals surface area contributed by atoms with Gasteiger partial charge in [-0.3, -0.25) is 14.5 Å². The van der Waals surface area contributed by atoms with Crippen LogP contribution in [0.5, 0.6) is 5.75 Å². The van der Waals surface area contributed by atoms with Gasteiger partial charge in [0.05, 0.1) is 25.4 Å². The molecule has 0 aromatic heterocycles. The number of methoxy groups -OCH3 is 2. The largest absolute Gasteiger partial charge is 0.494 e. The van der Waals surface area contributed by atoms with Crippen LogP contribution in [0, 0.1) is 0 Å². The van der Waals surface area contributed by atoms with E-state index in [1.54, 1.807) is 14.2 Å². The average Bonchev–Trinajstić information content (AvgIpc) is 2.93. The van der Waals surface area contributed by atoms with Crippen LogP contribution in [0.1, 0.15) is 26.3 Å². The molecule has 0 bridgehead atoms. The fourth-order valence-electron chi connectivity index (χ4n) is 3.18. The minimum absolute atomic E-state index is 0.234. The molecule has 0 N–H and O–H groups in total. The molecule has 1 aliphatic heterocycles. The molecule has 2 amide bonds. The lowest BCUT2D eigenvalue weighted by atomic mass is 10.0. The van der Waals surface area contributed by atoms with Gasteiger partial charge in [0, 0.05) is 33.4 Å². The van der Waals surface area contributed by atoms with Crippen LogP contribution in [0.15, 0.2) is 30.0 Å². The average molecular weight is 390 g/mol. The topological polar surface area (TPSA) is 68.3 Å². The zero-order valence-electron chi connectivity index (χ0n) is 17.4. The van der Waals surface area contributed by atoms with E-state index in [1.165, 1.54) is 4.90 Å². The Balaban J connectivity index is 2.52. The van der Waals surface area contributed by atoms with Crippen LogP contribution in [0.2, 0.25) is 0 Å². The first-order valence-electron chi connectivity index (χ1n) is 9.54. The Labute approximate surface area is 166 Å². The van der Waals surface area contributed by atoms with Crippen LogP contribution in [0.4, 0.5) is 0 Å². The molecule has 0 unspecified atom stereocenters. The molecule has 7 nitrogen and oxygen atoms in total. The Morgan fingerprint density at radius 2 is 1.54 bits per heavy atom. The molecule has 154 valence electrons. The van der Waals surface area contributed by atoms with Gasteiger partial charge in [-0.1, -0.05) is 12.1 Å². The summed E-state index contributed by atoms with van der Waals surface area (Å²) in [6.07, 6.45) is 0. The Morgan fingerprint density at radius 3 is 2.00 bits per heavy atom. The van der Waals surface area contributed by atoms with Gasteiger partial charge in [0.25, 0.3) is 11.8 Å². The van der Waals surface area contributed by atoms with Crippen LogP contribution in [-0.4, -0.2) is 74.8 Å². The molecular weight excluding hydrogens is 360 g/mol. The van der Waals surface area contributed by atoms with Crippen molar-refractivity contribution >= 4 is 17.4 Å². The third-order valence-corrected chi connectivity index (χ3v) is 4.51. The fourth-order valence-corrected chi connectivity index (χ4v) is 3.18. The first kappa shape index (κ1) is 21.9. The van der Waals surface area contributed by atoms with Gasteiger partial charge in [0.2, 0.25) is 0 Å². The monoisotopic (exact) mass is 390 g/mol. The van der Waals surface area contributed by atoms with Gasteiger partial charge < -0.3 is 19.1 Å². The van der Waals surface area contributed by atoms with Crippen LogP contribution in [-0.2, 0) is 19.1 Å². The van der Waals surface area contributed by atoms with Gasteiger partial charge in [0.15, 0.2) is 0 Å². The molecule has 0 fully saturated rings. The zero-order chi connectivity index (χ0) is 20.7. The van der Waals surface area contributed by atoms with E-state index in [-0.39, 0.29) is 17.9 Å². The Morgan fingerprint density at radius 1 is 0.964 bits per heavy atom. The Kier molecular flexibility index (Phi) is 8.02. The summed E-state index contributed by atoms with van der Waals surface area (Å²) in [5.41, 5.74) is 1.51. The molecule has 0 radical (unpaired) electrons. The summed E-state index contributed by atoms with van der Waals surface area (Å²) in [5.74, 6) is 0.164. The van der Waals surface area contributed by atoms with E-state index in [2.05, 4.69) is 0 Å². The number of carbonyl (C=O) groups excluding carboxylic acids is 2. The molecule has 0 spiro atoms. The second kappa shape index (κ2) is 10.2. The summed E-state index contributed by atoms with van der Waals surface area (Å²) in [5, 5.41) is 0. The summed E-state index contributed by atoms with van der Waals surface area (Å²) in [7, 11) is 3.22. The number of hydrogen-bond acceptors (Lipinski definition) is 6. The standard InChI is InChI=1S/C21H30N2O5/c1-6-28-17-9-7-16(8-10-17)18-19(21(25)23(15(2)3)20(18)24)22(11-13-26-4)12-14-27-5/h7-10,15H,6,11-14H2,1-5H3. The highest BCUT2D eigenvalue weighted by molar-refractivity contribution is 6.35. The fraction of sp³-hybridized carbons (Fsp3) is 0.524. The summed E-state index contributed by atoms with van der Waals surface area (Å²) in [6, 6.07) is 7.03. The smallest absolute Gasteiger partial charge is 0.278 e. The van der Waals surface area contributed by atoms with Crippen molar-refractivity contribution in [1.82, 2.24) is 9.80 Å². The lowest BCUT2D eigenvalue weighted by Crippen LogP contribution is -2.40. The SMILES string of the molecule is CCOc1ccc(C2=C(N(CCOC)CCOC)C(=O)N(C(C)C)C2=O)cc1. The van der Waals surface area contributed by atoms with Gasteiger partial charge in [-0.25, -0.2) is 0 Å². The number of nitrogens with zero attached hydrogens (tertiary/aromatic N) is 2. The van der Waals surface area contributed by atoms with Crippen LogP contribution < -0.4 is 4.74 Å². The number of hydrogen-bond donors (Lipinski definition) is 0. The molecular formula is C21H30N2O5. The van der Waals surface area contributed by atoms with E-state index in [1.807, 2.05) is 49.9 Å². The summed E-state index contributed by atoms with van der Waals surface area (Å²) in [6.45, 7) is 8.00. The van der Waals surface area contributed by atoms with E-state index in [4.69, 9.17) is 14.2 Å². The number of carbonyl (C=O) groups is 2. The molecule has 2 rings (SSSR count). The first-order chi connectivity index (χ1) is 13.5. The van der Waals surface area contributed by atoms with Gasteiger partial charge in [-0.05, 0) is 38.5 Å². The Hall–Kier alpha value is -2.38. The maximum Gasteiger partial charge on any atom is 0.278 e. The molecule has 1 aliphatic rings. The second-order valence-electron chi connectivity index (χ2n) is 6.73. The lowest BCUT2D eigenvalue weighted by Gasteiger charge is -2.26. The number of ether oxygens (including phenoxy) is 3. The highest BCUT2D eigenvalue weighted by Gasteiger charge is 2.42. The molecule has 0 saturated heterocycles. The highest BCUT2D eigenvalue weighted by Crippen LogP contribution is 2.33. The van der Waals surface area contributed by atoms with Crippen molar-refractivity contribution in [3.05, 3.63) is 35.5 Å². The van der Waals surface area contributed by atoms with E-state index < -0.39 is 0 Å². The van der Waals surface area contributed by atoms with E-state index in [9.17, 15) is 9.59 Å². The van der Waals surface area contributed by atoms with E-state index in [0.717, 1.165) is 5.75 Å². The molecule has 7 heteroatoms. The van der Waals surface area contributed by atoms with Gasteiger partial charge in [0.1, 0.15) is 11.4 Å². The number of rotatable bonds is 11. The van der Waals surface area contributed by atoms with Crippen molar-refractivity contribution in [3.8, 4) is 5.75 Å². The molecule has 0 atom stereocenters. The lowest BCUT2D eigenvalue weighted by molar-refractivity contribution is -0.139. The number of benzene rings is 1. The van der Waals surface area contributed by atoms with Crippen molar-refractivity contribution < 1.29 is 23.8 Å². The normalized spacial score (nSPS) is 14.4. The number of amides is 2. The summed E-state index contributed by atoms with van der Waals surface area (Å²) < 4.78 is 15.9. The molecule has 1 heterocycles. The van der Waals surface area contributed by atoms with Gasteiger partial charge in [-0.15, -0.1) is 0 Å². The second-order valence-corrected chi connectivity index (χ2v) is 6.73. The summed E-state index contributed by atoms with van der Waals surface area (Å²) >= 11 is 0. The quantitative estimate of drug-likeness (QED) is 0.540. The molecule has 28 heavy (non-hydrogen) atoms. The Bertz CT molecular complexity index is 704. The minimum Gasteiger partial charge on any atom is -0.494 e. The van der Waals surface area contributed by atoms with Crippen molar-refractivity contribution in [1.29, 1.82) is 0 Å². The van der Waals surface area contributed by atoms with E-state index in [0.29, 0.717) is 49.7 Å². The van der Waals surface area contributed by atoms with Crippen molar-refractivity contribution in [2.45, 2.75) is 26.8 Å². The first-order valence-corrected chi connectivity index (χ1v) is 9.54. The maximum absolute atomic E-state index is 13.2. The van der Waals surface area contributed by atoms with Crippen molar-refractivity contribution in [2.75, 3.05) is 47.1 Å². The molecule has 0 aliphatic carbocycles. The van der Waals surface area contributed by atoms with Crippen molar-refractivity contribution in [3.63, 3.8) is 0 Å². The number of imide groups is 1.